The summed E-state index contributed by atoms with van der Waals surface area (Å²) < 4.78 is 0. The molecular formula is C14H18N2O3S. The van der Waals surface area contributed by atoms with Crippen molar-refractivity contribution in [1.82, 2.24) is 5.32 Å². The van der Waals surface area contributed by atoms with Gasteiger partial charge in [-0.15, -0.1) is 6.58 Å². The van der Waals surface area contributed by atoms with E-state index < -0.39 is 5.97 Å². The number of hydrogen-bond acceptors (Lipinski definition) is 3. The molecule has 0 aromatic heterocycles. The molecule has 0 fully saturated rings. The lowest BCUT2D eigenvalue weighted by molar-refractivity contribution is 0.0697. The molecule has 0 saturated heterocycles. The highest BCUT2D eigenvalue weighted by Crippen LogP contribution is 2.16. The molecule has 0 heterocycles. The first-order valence-electron chi connectivity index (χ1n) is 6.12. The second-order valence-corrected chi connectivity index (χ2v) is 5.23. The number of hydrogen-bond donors (Lipinski definition) is 3. The van der Waals surface area contributed by atoms with Gasteiger partial charge >= 0.3 is 12.0 Å². The summed E-state index contributed by atoms with van der Waals surface area (Å²) in [6, 6.07) is 4.28. The number of benzene rings is 1. The quantitative estimate of drug-likeness (QED) is 0.534. The van der Waals surface area contributed by atoms with Gasteiger partial charge in [0, 0.05) is 23.7 Å². The number of carboxylic acid groups (broad SMARTS) is 1. The maximum absolute atomic E-state index is 11.7. The fourth-order valence-electron chi connectivity index (χ4n) is 1.46. The van der Waals surface area contributed by atoms with Crippen molar-refractivity contribution in [3.8, 4) is 0 Å². The number of thioether (sulfide) groups is 1. The molecule has 0 radical (unpaired) electrons. The van der Waals surface area contributed by atoms with Crippen LogP contribution in [-0.2, 0) is 0 Å². The Morgan fingerprint density at radius 1 is 1.45 bits per heavy atom. The van der Waals surface area contributed by atoms with E-state index in [0.29, 0.717) is 12.2 Å². The molecule has 1 aromatic carbocycles. The third-order valence-electron chi connectivity index (χ3n) is 2.50. The number of anilines is 1. The normalized spacial score (nSPS) is 9.85. The van der Waals surface area contributed by atoms with Crippen LogP contribution in [0.5, 0.6) is 0 Å². The number of urea groups is 1. The maximum atomic E-state index is 11.7. The minimum absolute atomic E-state index is 0.146. The minimum atomic E-state index is -1.02. The van der Waals surface area contributed by atoms with Crippen LogP contribution >= 0.6 is 11.8 Å². The van der Waals surface area contributed by atoms with E-state index >= 15 is 0 Å². The van der Waals surface area contributed by atoms with Crippen molar-refractivity contribution in [1.29, 1.82) is 0 Å². The van der Waals surface area contributed by atoms with Crippen molar-refractivity contribution in [2.75, 3.05) is 23.4 Å². The molecule has 5 nitrogen and oxygen atoms in total. The van der Waals surface area contributed by atoms with Crippen molar-refractivity contribution >= 4 is 29.4 Å². The van der Waals surface area contributed by atoms with Gasteiger partial charge in [-0.3, -0.25) is 0 Å². The first-order valence-corrected chi connectivity index (χ1v) is 7.27. The van der Waals surface area contributed by atoms with Crippen molar-refractivity contribution in [3.05, 3.63) is 42.0 Å². The van der Waals surface area contributed by atoms with Gasteiger partial charge in [-0.05, 0) is 24.6 Å². The lowest BCUT2D eigenvalue weighted by atomic mass is 10.1. The summed E-state index contributed by atoms with van der Waals surface area (Å²) in [5.41, 5.74) is 1.46. The summed E-state index contributed by atoms with van der Waals surface area (Å²) in [6.45, 7) is 5.96. The maximum Gasteiger partial charge on any atom is 0.335 e. The van der Waals surface area contributed by atoms with Gasteiger partial charge in [0.1, 0.15) is 0 Å². The predicted octanol–water partition coefficient (Wildman–Crippen LogP) is 2.73. The summed E-state index contributed by atoms with van der Waals surface area (Å²) in [4.78, 5) is 22.6. The fraction of sp³-hybridized carbons (Fsp3) is 0.286. The van der Waals surface area contributed by atoms with Crippen LogP contribution in [-0.4, -0.2) is 35.2 Å². The van der Waals surface area contributed by atoms with Crippen LogP contribution in [0, 0.1) is 6.92 Å². The highest BCUT2D eigenvalue weighted by molar-refractivity contribution is 7.99. The molecule has 108 valence electrons. The van der Waals surface area contributed by atoms with Gasteiger partial charge in [0.2, 0.25) is 0 Å². The largest absolute Gasteiger partial charge is 0.478 e. The molecule has 0 bridgehead atoms. The number of carbonyl (C=O) groups is 2. The van der Waals surface area contributed by atoms with Gasteiger partial charge < -0.3 is 15.7 Å². The Bertz CT molecular complexity index is 503. The second kappa shape index (κ2) is 8.27. The first-order chi connectivity index (χ1) is 9.54. The van der Waals surface area contributed by atoms with Gasteiger partial charge in [-0.2, -0.15) is 11.8 Å². The van der Waals surface area contributed by atoms with Crippen molar-refractivity contribution in [2.24, 2.45) is 0 Å². The Balaban J connectivity index is 2.50. The number of nitrogens with one attached hydrogen (secondary N) is 2. The van der Waals surface area contributed by atoms with E-state index in [-0.39, 0.29) is 11.6 Å². The van der Waals surface area contributed by atoms with Crippen LogP contribution in [0.25, 0.3) is 0 Å². The Morgan fingerprint density at radius 3 is 2.85 bits per heavy atom. The fourth-order valence-corrected chi connectivity index (χ4v) is 2.04. The van der Waals surface area contributed by atoms with Gasteiger partial charge in [0.25, 0.3) is 0 Å². The smallest absolute Gasteiger partial charge is 0.335 e. The highest BCUT2D eigenvalue weighted by Gasteiger charge is 2.08. The molecule has 20 heavy (non-hydrogen) atoms. The van der Waals surface area contributed by atoms with Crippen LogP contribution in [0.3, 0.4) is 0 Å². The molecule has 6 heteroatoms. The SMILES string of the molecule is C=CCSCCNC(=O)Nc1cc(C(=O)O)ccc1C. The molecule has 0 atom stereocenters. The van der Waals surface area contributed by atoms with Crippen molar-refractivity contribution in [3.63, 3.8) is 0 Å². The van der Waals surface area contributed by atoms with E-state index in [1.807, 2.05) is 6.08 Å². The van der Waals surface area contributed by atoms with Crippen molar-refractivity contribution < 1.29 is 14.7 Å². The number of aromatic carboxylic acids is 1. The van der Waals surface area contributed by atoms with Gasteiger partial charge in [-0.25, -0.2) is 9.59 Å². The second-order valence-electron chi connectivity index (χ2n) is 4.08. The molecule has 3 N–H and O–H groups in total. The topological polar surface area (TPSA) is 78.4 Å². The summed E-state index contributed by atoms with van der Waals surface area (Å²) in [5, 5.41) is 14.3. The van der Waals surface area contributed by atoms with E-state index in [1.54, 1.807) is 24.8 Å². The Labute approximate surface area is 122 Å². The van der Waals surface area contributed by atoms with E-state index in [1.165, 1.54) is 12.1 Å². The van der Waals surface area contributed by atoms with E-state index in [4.69, 9.17) is 5.11 Å². The van der Waals surface area contributed by atoms with Crippen LogP contribution < -0.4 is 10.6 Å². The van der Waals surface area contributed by atoms with Crippen LogP contribution in [0.15, 0.2) is 30.9 Å². The molecular weight excluding hydrogens is 276 g/mol. The van der Waals surface area contributed by atoms with Crippen molar-refractivity contribution in [2.45, 2.75) is 6.92 Å². The third-order valence-corrected chi connectivity index (χ3v) is 3.46. The molecule has 2 amide bonds. The zero-order valence-corrected chi connectivity index (χ0v) is 12.1. The standard InChI is InChI=1S/C14H18N2O3S/c1-3-7-20-8-6-15-14(19)16-12-9-11(13(17)18)5-4-10(12)2/h3-5,9H,1,6-8H2,2H3,(H,17,18)(H2,15,16,19). The minimum Gasteiger partial charge on any atom is -0.478 e. The molecule has 0 aliphatic heterocycles. The number of aryl methyl sites for hydroxylation is 1. The van der Waals surface area contributed by atoms with Crippen LogP contribution in [0.1, 0.15) is 15.9 Å². The number of carboxylic acids is 1. The third kappa shape index (κ3) is 5.36. The average Bonchev–Trinajstić information content (AvgIpc) is 2.40. The molecule has 0 aliphatic carbocycles. The van der Waals surface area contributed by atoms with E-state index in [9.17, 15) is 9.59 Å². The molecule has 0 unspecified atom stereocenters. The summed E-state index contributed by atoms with van der Waals surface area (Å²) >= 11 is 1.67. The Morgan fingerprint density at radius 2 is 2.20 bits per heavy atom. The van der Waals surface area contributed by atoms with E-state index in [2.05, 4.69) is 17.2 Å². The Kier molecular flexibility index (Phi) is 6.66. The molecule has 0 saturated carbocycles. The number of amides is 2. The Hall–Kier alpha value is -1.95. The summed E-state index contributed by atoms with van der Waals surface area (Å²) in [7, 11) is 0. The summed E-state index contributed by atoms with van der Waals surface area (Å²) in [6.07, 6.45) is 1.81. The lowest BCUT2D eigenvalue weighted by Gasteiger charge is -2.10. The number of carbonyl (C=O) groups excluding carboxylic acids is 1. The van der Waals surface area contributed by atoms with Crippen LogP contribution in [0.4, 0.5) is 10.5 Å². The monoisotopic (exact) mass is 294 g/mol. The molecule has 1 rings (SSSR count). The van der Waals surface area contributed by atoms with E-state index in [0.717, 1.165) is 17.1 Å². The van der Waals surface area contributed by atoms with Gasteiger partial charge in [0.15, 0.2) is 0 Å². The summed E-state index contributed by atoms with van der Waals surface area (Å²) in [5.74, 6) is 0.630. The molecule has 0 spiro atoms. The molecule has 1 aromatic rings. The molecule has 0 aliphatic rings. The lowest BCUT2D eigenvalue weighted by Crippen LogP contribution is -2.30. The van der Waals surface area contributed by atoms with Gasteiger partial charge in [-0.1, -0.05) is 12.1 Å². The first kappa shape index (κ1) is 16.1. The predicted molar refractivity (Wildman–Crippen MR) is 82.7 cm³/mol. The highest BCUT2D eigenvalue weighted by atomic mass is 32.2. The zero-order chi connectivity index (χ0) is 15.0. The average molecular weight is 294 g/mol. The number of rotatable bonds is 7. The van der Waals surface area contributed by atoms with Crippen LogP contribution in [0.2, 0.25) is 0 Å². The zero-order valence-electron chi connectivity index (χ0n) is 11.3. The van der Waals surface area contributed by atoms with Gasteiger partial charge in [0.05, 0.1) is 5.56 Å².